The molecule has 1 aliphatic rings. The zero-order chi connectivity index (χ0) is 17.9. The van der Waals surface area contributed by atoms with Crippen molar-refractivity contribution in [3.05, 3.63) is 63.2 Å². The number of piperidine rings is 1. The van der Waals surface area contributed by atoms with Crippen LogP contribution in [0.5, 0.6) is 5.75 Å². The Morgan fingerprint density at radius 1 is 1.12 bits per heavy atom. The predicted octanol–water partition coefficient (Wildman–Crippen LogP) is 5.13. The van der Waals surface area contributed by atoms with Crippen LogP contribution in [0.2, 0.25) is 0 Å². The van der Waals surface area contributed by atoms with Gasteiger partial charge >= 0.3 is 0 Å². The Balaban J connectivity index is 1.75. The summed E-state index contributed by atoms with van der Waals surface area (Å²) < 4.78 is 7.07. The quantitative estimate of drug-likeness (QED) is 0.606. The maximum absolute atomic E-state index is 13.0. The minimum atomic E-state index is 0.0787. The highest BCUT2D eigenvalue weighted by atomic mass is 127. The number of halogens is 1. The lowest BCUT2D eigenvalue weighted by Crippen LogP contribution is -2.41. The molecule has 4 heteroatoms. The summed E-state index contributed by atoms with van der Waals surface area (Å²) >= 11 is 2.25. The molecule has 1 amide bonds. The number of hydrogen-bond donors (Lipinski definition) is 0. The minimum Gasteiger partial charge on any atom is -0.488 e. The van der Waals surface area contributed by atoms with Gasteiger partial charge in [0.15, 0.2) is 0 Å². The number of carbonyl (C=O) groups excluding carboxylic acids is 1. The van der Waals surface area contributed by atoms with Gasteiger partial charge in [-0.2, -0.15) is 0 Å². The number of amides is 1. The van der Waals surface area contributed by atoms with Crippen molar-refractivity contribution in [2.45, 2.75) is 33.3 Å². The van der Waals surface area contributed by atoms with E-state index in [0.717, 1.165) is 35.1 Å². The third-order valence-corrected chi connectivity index (χ3v) is 5.49. The number of benzene rings is 2. The third kappa shape index (κ3) is 4.75. The maximum atomic E-state index is 13.0. The summed E-state index contributed by atoms with van der Waals surface area (Å²) in [6.45, 7) is 6.64. The van der Waals surface area contributed by atoms with Crippen LogP contribution >= 0.6 is 22.6 Å². The summed E-state index contributed by atoms with van der Waals surface area (Å²) in [5, 5.41) is 0. The summed E-state index contributed by atoms with van der Waals surface area (Å²) in [5.74, 6) is 0.751. The fourth-order valence-electron chi connectivity index (χ4n) is 3.01. The summed E-state index contributed by atoms with van der Waals surface area (Å²) in [7, 11) is 0. The molecule has 3 nitrogen and oxygen atoms in total. The summed E-state index contributed by atoms with van der Waals surface area (Å²) in [5.41, 5.74) is 2.09. The number of ether oxygens (including phenoxy) is 1. The van der Waals surface area contributed by atoms with Gasteiger partial charge in [-0.15, -0.1) is 0 Å². The first-order valence-corrected chi connectivity index (χ1v) is 9.78. The Labute approximate surface area is 163 Å². The van der Waals surface area contributed by atoms with Gasteiger partial charge in [0.25, 0.3) is 5.91 Å². The maximum Gasteiger partial charge on any atom is 0.257 e. The smallest absolute Gasteiger partial charge is 0.257 e. The Morgan fingerprint density at radius 2 is 1.80 bits per heavy atom. The molecule has 0 radical (unpaired) electrons. The molecule has 1 saturated heterocycles. The van der Waals surface area contributed by atoms with E-state index in [0.29, 0.717) is 23.3 Å². The minimum absolute atomic E-state index is 0.0787. The second kappa shape index (κ2) is 7.77. The van der Waals surface area contributed by atoms with Gasteiger partial charge in [-0.1, -0.05) is 44.2 Å². The molecule has 1 aliphatic heterocycles. The van der Waals surface area contributed by atoms with Crippen molar-refractivity contribution >= 4 is 28.5 Å². The van der Waals surface area contributed by atoms with Gasteiger partial charge in [-0.3, -0.25) is 4.79 Å². The third-order valence-electron chi connectivity index (χ3n) is 4.82. The number of hydrogen-bond acceptors (Lipinski definition) is 2. The molecule has 1 fully saturated rings. The molecule has 0 aromatic heterocycles. The van der Waals surface area contributed by atoms with Crippen molar-refractivity contribution in [1.82, 2.24) is 4.90 Å². The van der Waals surface area contributed by atoms with Crippen molar-refractivity contribution in [2.24, 2.45) is 5.41 Å². The lowest BCUT2D eigenvalue weighted by atomic mass is 9.82. The average Bonchev–Trinajstić information content (AvgIpc) is 2.60. The first-order valence-electron chi connectivity index (χ1n) is 8.70. The van der Waals surface area contributed by atoms with Crippen molar-refractivity contribution < 1.29 is 9.53 Å². The number of carbonyl (C=O) groups is 1. The molecule has 0 bridgehead atoms. The molecule has 1 heterocycles. The fraction of sp³-hybridized carbons (Fsp3) is 0.381. The SMILES string of the molecule is CC1(C)CCN(C(=O)c2ccc(I)cc2OCc2ccccc2)CC1. The number of rotatable bonds is 4. The second-order valence-corrected chi connectivity index (χ2v) is 8.62. The molecule has 132 valence electrons. The standard InChI is InChI=1S/C21H24INO2/c1-21(2)10-12-23(13-11-21)20(24)18-9-8-17(22)14-19(18)25-15-16-6-4-3-5-7-16/h3-9,14H,10-13,15H2,1-2H3. The molecule has 25 heavy (non-hydrogen) atoms. The molecule has 0 N–H and O–H groups in total. The number of nitrogens with zero attached hydrogens (tertiary/aromatic N) is 1. The summed E-state index contributed by atoms with van der Waals surface area (Å²) in [6.07, 6.45) is 2.09. The van der Waals surface area contributed by atoms with Crippen molar-refractivity contribution in [2.75, 3.05) is 13.1 Å². The molecular weight excluding hydrogens is 425 g/mol. The van der Waals surface area contributed by atoms with Crippen molar-refractivity contribution in [3.63, 3.8) is 0 Å². The largest absolute Gasteiger partial charge is 0.488 e. The molecular formula is C21H24INO2. The van der Waals surface area contributed by atoms with Gasteiger partial charge in [0.1, 0.15) is 12.4 Å². The van der Waals surface area contributed by atoms with E-state index in [1.807, 2.05) is 53.4 Å². The monoisotopic (exact) mass is 449 g/mol. The topological polar surface area (TPSA) is 29.5 Å². The zero-order valence-corrected chi connectivity index (χ0v) is 17.0. The Kier molecular flexibility index (Phi) is 5.67. The fourth-order valence-corrected chi connectivity index (χ4v) is 3.48. The normalized spacial score (nSPS) is 16.5. The Hall–Kier alpha value is -1.56. The van der Waals surface area contributed by atoms with Crippen molar-refractivity contribution in [3.8, 4) is 5.75 Å². The van der Waals surface area contributed by atoms with Crippen LogP contribution in [-0.2, 0) is 6.61 Å². The van der Waals surface area contributed by atoms with Gasteiger partial charge in [0, 0.05) is 16.7 Å². The van der Waals surface area contributed by atoms with E-state index in [1.165, 1.54) is 0 Å². The molecule has 0 atom stereocenters. The lowest BCUT2D eigenvalue weighted by Gasteiger charge is -2.37. The molecule has 0 unspecified atom stereocenters. The Morgan fingerprint density at radius 3 is 2.48 bits per heavy atom. The van der Waals surface area contributed by atoms with E-state index in [1.54, 1.807) is 0 Å². The number of likely N-dealkylation sites (tertiary alicyclic amines) is 1. The van der Waals surface area contributed by atoms with E-state index in [-0.39, 0.29) is 5.91 Å². The van der Waals surface area contributed by atoms with Gasteiger partial charge in [-0.05, 0) is 64.6 Å². The van der Waals surface area contributed by atoms with Crippen LogP contribution in [0.4, 0.5) is 0 Å². The van der Waals surface area contributed by atoms with Crippen LogP contribution in [0.25, 0.3) is 0 Å². The van der Waals surface area contributed by atoms with Crippen LogP contribution < -0.4 is 4.74 Å². The lowest BCUT2D eigenvalue weighted by molar-refractivity contribution is 0.0625. The average molecular weight is 449 g/mol. The summed E-state index contributed by atoms with van der Waals surface area (Å²) in [4.78, 5) is 15.0. The van der Waals surface area contributed by atoms with Gasteiger partial charge in [-0.25, -0.2) is 0 Å². The van der Waals surface area contributed by atoms with Crippen LogP contribution in [0, 0.1) is 8.99 Å². The summed E-state index contributed by atoms with van der Waals surface area (Å²) in [6, 6.07) is 15.8. The molecule has 3 rings (SSSR count). The predicted molar refractivity (Wildman–Crippen MR) is 109 cm³/mol. The molecule has 0 spiro atoms. The highest BCUT2D eigenvalue weighted by Gasteiger charge is 2.29. The van der Waals surface area contributed by atoms with E-state index in [9.17, 15) is 4.79 Å². The zero-order valence-electron chi connectivity index (χ0n) is 14.8. The van der Waals surface area contributed by atoms with Crippen LogP contribution in [-0.4, -0.2) is 23.9 Å². The van der Waals surface area contributed by atoms with Crippen LogP contribution in [0.15, 0.2) is 48.5 Å². The first kappa shape index (κ1) is 18.2. The van der Waals surface area contributed by atoms with E-state index in [2.05, 4.69) is 36.4 Å². The highest BCUT2D eigenvalue weighted by molar-refractivity contribution is 14.1. The van der Waals surface area contributed by atoms with E-state index < -0.39 is 0 Å². The molecule has 0 aliphatic carbocycles. The van der Waals surface area contributed by atoms with Gasteiger partial charge < -0.3 is 9.64 Å². The van der Waals surface area contributed by atoms with Crippen LogP contribution in [0.1, 0.15) is 42.6 Å². The Bertz CT molecular complexity index is 733. The molecule has 2 aromatic carbocycles. The molecule has 2 aromatic rings. The van der Waals surface area contributed by atoms with E-state index in [4.69, 9.17) is 4.74 Å². The van der Waals surface area contributed by atoms with Crippen molar-refractivity contribution in [1.29, 1.82) is 0 Å². The van der Waals surface area contributed by atoms with Crippen LogP contribution in [0.3, 0.4) is 0 Å². The highest BCUT2D eigenvalue weighted by Crippen LogP contribution is 2.32. The van der Waals surface area contributed by atoms with Gasteiger partial charge in [0.05, 0.1) is 5.56 Å². The molecule has 0 saturated carbocycles. The second-order valence-electron chi connectivity index (χ2n) is 7.37. The van der Waals surface area contributed by atoms with E-state index >= 15 is 0 Å². The first-order chi connectivity index (χ1) is 11.9. The van der Waals surface area contributed by atoms with Gasteiger partial charge in [0.2, 0.25) is 0 Å².